The van der Waals surface area contributed by atoms with E-state index in [9.17, 15) is 4.79 Å². The van der Waals surface area contributed by atoms with Gasteiger partial charge in [-0.2, -0.15) is 0 Å². The highest BCUT2D eigenvalue weighted by atomic mass is 16.1. The Bertz CT molecular complexity index is 127. The molecule has 0 aromatic heterocycles. The van der Waals surface area contributed by atoms with Gasteiger partial charge in [0.15, 0.2) is 5.78 Å². The van der Waals surface area contributed by atoms with Crippen molar-refractivity contribution < 1.29 is 4.79 Å². The molecule has 0 bridgehead atoms. The molecular formula is C11H19O. The van der Waals surface area contributed by atoms with Crippen LogP contribution in [-0.2, 0) is 4.79 Å². The molecule has 0 saturated carbocycles. The molecule has 0 unspecified atom stereocenters. The minimum absolute atomic E-state index is 0.0606. The summed E-state index contributed by atoms with van der Waals surface area (Å²) < 4.78 is 0. The van der Waals surface area contributed by atoms with Crippen LogP contribution in [0.15, 0.2) is 12.7 Å². The third kappa shape index (κ3) is 7.52. The summed E-state index contributed by atoms with van der Waals surface area (Å²) in [7, 11) is 0. The van der Waals surface area contributed by atoms with Crippen LogP contribution in [0.4, 0.5) is 0 Å². The van der Waals surface area contributed by atoms with Gasteiger partial charge in [0.25, 0.3) is 0 Å². The van der Waals surface area contributed by atoms with Gasteiger partial charge >= 0.3 is 0 Å². The molecule has 0 heterocycles. The van der Waals surface area contributed by atoms with Crippen LogP contribution in [0, 0.1) is 6.42 Å². The fraction of sp³-hybridized carbons (Fsp3) is 0.636. The zero-order chi connectivity index (χ0) is 9.23. The van der Waals surface area contributed by atoms with Crippen LogP contribution in [0.5, 0.6) is 0 Å². The van der Waals surface area contributed by atoms with Crippen molar-refractivity contribution in [2.45, 2.75) is 45.4 Å². The zero-order valence-corrected chi connectivity index (χ0v) is 8.01. The first-order valence-corrected chi connectivity index (χ1v) is 4.81. The van der Waals surface area contributed by atoms with Gasteiger partial charge in [-0.15, -0.1) is 0 Å². The maximum atomic E-state index is 10.7. The van der Waals surface area contributed by atoms with Gasteiger partial charge in [-0.3, -0.25) is 4.79 Å². The quantitative estimate of drug-likeness (QED) is 0.400. The zero-order valence-electron chi connectivity index (χ0n) is 8.01. The first kappa shape index (κ1) is 11.4. The maximum Gasteiger partial charge on any atom is 0.158 e. The predicted molar refractivity (Wildman–Crippen MR) is 52.9 cm³/mol. The SMILES string of the molecule is C=CC(=O)[CH]CCCCCCC. The monoisotopic (exact) mass is 167 g/mol. The average molecular weight is 167 g/mol. The van der Waals surface area contributed by atoms with Crippen molar-refractivity contribution in [3.63, 3.8) is 0 Å². The summed E-state index contributed by atoms with van der Waals surface area (Å²) in [4.78, 5) is 10.7. The minimum atomic E-state index is 0.0606. The topological polar surface area (TPSA) is 17.1 Å². The number of carbonyl (C=O) groups excluding carboxylic acids is 1. The van der Waals surface area contributed by atoms with E-state index < -0.39 is 0 Å². The maximum absolute atomic E-state index is 10.7. The van der Waals surface area contributed by atoms with E-state index in [4.69, 9.17) is 0 Å². The molecule has 0 fully saturated rings. The molecule has 0 aliphatic carbocycles. The molecule has 1 nitrogen and oxygen atoms in total. The number of ketones is 1. The van der Waals surface area contributed by atoms with Crippen molar-refractivity contribution in [1.82, 2.24) is 0 Å². The Morgan fingerprint density at radius 3 is 2.50 bits per heavy atom. The Balaban J connectivity index is 3.00. The largest absolute Gasteiger partial charge is 0.295 e. The summed E-state index contributed by atoms with van der Waals surface area (Å²) in [6.45, 7) is 5.61. The first-order valence-electron chi connectivity index (χ1n) is 4.81. The van der Waals surface area contributed by atoms with E-state index in [2.05, 4.69) is 13.5 Å². The minimum Gasteiger partial charge on any atom is -0.295 e. The molecule has 1 radical (unpaired) electrons. The lowest BCUT2D eigenvalue weighted by Crippen LogP contribution is -1.92. The molecule has 0 aliphatic heterocycles. The van der Waals surface area contributed by atoms with Gasteiger partial charge in [-0.25, -0.2) is 0 Å². The number of hydrogen-bond donors (Lipinski definition) is 0. The van der Waals surface area contributed by atoms with Gasteiger partial charge in [0, 0.05) is 6.42 Å². The summed E-state index contributed by atoms with van der Waals surface area (Å²) in [5, 5.41) is 0. The lowest BCUT2D eigenvalue weighted by molar-refractivity contribution is -0.111. The van der Waals surface area contributed by atoms with Crippen molar-refractivity contribution in [1.29, 1.82) is 0 Å². The number of rotatable bonds is 8. The highest BCUT2D eigenvalue weighted by Gasteiger charge is 1.95. The van der Waals surface area contributed by atoms with Crippen molar-refractivity contribution in [3.05, 3.63) is 19.1 Å². The highest BCUT2D eigenvalue weighted by molar-refractivity contribution is 5.96. The molecule has 0 aromatic rings. The van der Waals surface area contributed by atoms with Crippen LogP contribution in [0.2, 0.25) is 0 Å². The van der Waals surface area contributed by atoms with E-state index in [0.717, 1.165) is 12.8 Å². The molecule has 0 aromatic carbocycles. The second kappa shape index (κ2) is 8.51. The molecule has 0 rings (SSSR count). The van der Waals surface area contributed by atoms with E-state index in [1.165, 1.54) is 31.8 Å². The molecule has 0 N–H and O–H groups in total. The van der Waals surface area contributed by atoms with Crippen molar-refractivity contribution >= 4 is 5.78 Å². The van der Waals surface area contributed by atoms with Gasteiger partial charge in [0.2, 0.25) is 0 Å². The highest BCUT2D eigenvalue weighted by Crippen LogP contribution is 2.06. The van der Waals surface area contributed by atoms with E-state index in [0.29, 0.717) is 0 Å². The Kier molecular flexibility index (Phi) is 8.09. The summed E-state index contributed by atoms with van der Waals surface area (Å²) in [6, 6.07) is 0. The van der Waals surface area contributed by atoms with Gasteiger partial charge in [0.05, 0.1) is 0 Å². The Hall–Kier alpha value is -0.590. The van der Waals surface area contributed by atoms with Crippen LogP contribution < -0.4 is 0 Å². The second-order valence-electron chi connectivity index (χ2n) is 3.01. The number of hydrogen-bond acceptors (Lipinski definition) is 1. The Morgan fingerprint density at radius 2 is 1.92 bits per heavy atom. The molecule has 0 saturated heterocycles. The van der Waals surface area contributed by atoms with Crippen molar-refractivity contribution in [2.24, 2.45) is 0 Å². The van der Waals surface area contributed by atoms with Gasteiger partial charge in [-0.05, 0) is 12.5 Å². The third-order valence-corrected chi connectivity index (χ3v) is 1.85. The van der Waals surface area contributed by atoms with Crippen LogP contribution in [-0.4, -0.2) is 5.78 Å². The molecule has 0 spiro atoms. The van der Waals surface area contributed by atoms with E-state index in [1.807, 2.05) is 0 Å². The van der Waals surface area contributed by atoms with E-state index in [1.54, 1.807) is 6.42 Å². The summed E-state index contributed by atoms with van der Waals surface area (Å²) in [6.07, 6.45) is 10.3. The lowest BCUT2D eigenvalue weighted by atomic mass is 10.1. The fourth-order valence-corrected chi connectivity index (χ4v) is 1.08. The number of carbonyl (C=O) groups is 1. The fourth-order valence-electron chi connectivity index (χ4n) is 1.08. The molecule has 0 atom stereocenters. The standard InChI is InChI=1S/C11H19O/c1-3-5-6-7-8-9-10-11(12)4-2/h4,10H,2-3,5-9H2,1H3. The normalized spacial score (nSPS) is 9.75. The number of allylic oxidation sites excluding steroid dienone is 1. The number of unbranched alkanes of at least 4 members (excludes halogenated alkanes) is 5. The molecule has 1 heteroatoms. The molecule has 0 amide bonds. The summed E-state index contributed by atoms with van der Waals surface area (Å²) in [5.41, 5.74) is 0. The third-order valence-electron chi connectivity index (χ3n) is 1.85. The molecule has 12 heavy (non-hydrogen) atoms. The first-order chi connectivity index (χ1) is 5.81. The van der Waals surface area contributed by atoms with Crippen LogP contribution in [0.3, 0.4) is 0 Å². The summed E-state index contributed by atoms with van der Waals surface area (Å²) >= 11 is 0. The van der Waals surface area contributed by atoms with E-state index >= 15 is 0 Å². The predicted octanol–water partition coefficient (Wildman–Crippen LogP) is 3.31. The van der Waals surface area contributed by atoms with Gasteiger partial charge in [0.1, 0.15) is 0 Å². The smallest absolute Gasteiger partial charge is 0.158 e. The van der Waals surface area contributed by atoms with Crippen LogP contribution in [0.1, 0.15) is 45.4 Å². The Morgan fingerprint density at radius 1 is 1.25 bits per heavy atom. The summed E-state index contributed by atoms with van der Waals surface area (Å²) in [5.74, 6) is 0.0606. The van der Waals surface area contributed by atoms with Crippen LogP contribution >= 0.6 is 0 Å². The second-order valence-corrected chi connectivity index (χ2v) is 3.01. The van der Waals surface area contributed by atoms with Crippen molar-refractivity contribution in [2.75, 3.05) is 0 Å². The average Bonchev–Trinajstić information content (AvgIpc) is 2.10. The van der Waals surface area contributed by atoms with Gasteiger partial charge in [-0.1, -0.05) is 45.6 Å². The van der Waals surface area contributed by atoms with E-state index in [-0.39, 0.29) is 5.78 Å². The Labute approximate surface area is 75.9 Å². The van der Waals surface area contributed by atoms with Crippen LogP contribution in [0.25, 0.3) is 0 Å². The van der Waals surface area contributed by atoms with Crippen molar-refractivity contribution in [3.8, 4) is 0 Å². The lowest BCUT2D eigenvalue weighted by Gasteiger charge is -1.97. The molecular weight excluding hydrogens is 148 g/mol. The molecule has 0 aliphatic rings. The molecule has 69 valence electrons. The van der Waals surface area contributed by atoms with Gasteiger partial charge < -0.3 is 0 Å².